The minimum atomic E-state index is -0.684. The average Bonchev–Trinajstić information content (AvgIpc) is 4.05. The second kappa shape index (κ2) is 17.1. The van der Waals surface area contributed by atoms with E-state index in [0.29, 0.717) is 13.1 Å². The highest BCUT2D eigenvalue weighted by molar-refractivity contribution is 5.86. The molecule has 3 aromatic carbocycles. The Balaban J connectivity index is 1.01. The van der Waals surface area contributed by atoms with Gasteiger partial charge in [-0.15, -0.1) is 0 Å². The molecule has 0 radical (unpaired) electrons. The smallest absolute Gasteiger partial charge is 0.407 e. The van der Waals surface area contributed by atoms with E-state index in [1.807, 2.05) is 91.5 Å². The Morgan fingerprint density at radius 3 is 2.29 bits per heavy atom. The van der Waals surface area contributed by atoms with Crippen LogP contribution < -0.4 is 10.6 Å². The van der Waals surface area contributed by atoms with Crippen LogP contribution in [0.1, 0.15) is 86.0 Å². The normalized spacial score (nSPS) is 18.0. The molecule has 0 bridgehead atoms. The summed E-state index contributed by atoms with van der Waals surface area (Å²) in [7, 11) is 2.67. The number of amides is 3. The van der Waals surface area contributed by atoms with Crippen molar-refractivity contribution in [2.24, 2.45) is 5.92 Å². The molecule has 290 valence electrons. The van der Waals surface area contributed by atoms with E-state index < -0.39 is 18.2 Å². The minimum Gasteiger partial charge on any atom is -0.453 e. The van der Waals surface area contributed by atoms with Crippen LogP contribution in [0.25, 0.3) is 22.3 Å². The fourth-order valence-corrected chi connectivity index (χ4v) is 7.70. The van der Waals surface area contributed by atoms with Crippen LogP contribution in [0.2, 0.25) is 0 Å². The number of carbonyl (C=O) groups excluding carboxylic acids is 3. The first-order chi connectivity index (χ1) is 27.2. The summed E-state index contributed by atoms with van der Waals surface area (Å²) in [5.41, 5.74) is 6.40. The van der Waals surface area contributed by atoms with Crippen LogP contribution in [0.3, 0.4) is 0 Å². The molecule has 4 unspecified atom stereocenters. The van der Waals surface area contributed by atoms with E-state index in [1.165, 1.54) is 14.2 Å². The van der Waals surface area contributed by atoms with Crippen molar-refractivity contribution >= 4 is 29.1 Å². The lowest BCUT2D eigenvalue weighted by molar-refractivity contribution is -0.135. The van der Waals surface area contributed by atoms with Crippen molar-refractivity contribution in [3.8, 4) is 23.1 Å². The number of methoxy groups -OCH3 is 2. The fraction of sp³-hybridized carbons (Fsp3) is 0.372. The van der Waals surface area contributed by atoms with Gasteiger partial charge in [0.1, 0.15) is 17.7 Å². The number of H-pyrrole nitrogens is 2. The van der Waals surface area contributed by atoms with E-state index >= 15 is 0 Å². The molecule has 0 aliphatic carbocycles. The zero-order valence-corrected chi connectivity index (χ0v) is 32.2. The summed E-state index contributed by atoms with van der Waals surface area (Å²) >= 11 is 0. The van der Waals surface area contributed by atoms with Gasteiger partial charge in [-0.05, 0) is 79.6 Å². The molecule has 13 nitrogen and oxygen atoms in total. The van der Waals surface area contributed by atoms with Crippen molar-refractivity contribution in [1.82, 2.24) is 40.4 Å². The fourth-order valence-electron chi connectivity index (χ4n) is 7.70. The standard InChI is InChI=1S/C43H48N8O5/c1-27(2)38(49-43(54)56-4)41(52)51-23-9-13-37(51)39-44-25-34(47-39)31-19-16-28(17-20-31)14-15-29-18-21-32-33(24-29)46-40(45-32)36-12-8-22-50(36)26-35(48-42(53)55-3)30-10-6-5-7-11-30/h5-7,10-11,16-21,24-25,27,35-38H,8-9,12-13,22-23,26H2,1-4H3,(H,44,47)(H,45,46)(H,48,53)(H,49,54). The third-order valence-corrected chi connectivity index (χ3v) is 10.7. The maximum absolute atomic E-state index is 13.5. The maximum Gasteiger partial charge on any atom is 0.407 e. The van der Waals surface area contributed by atoms with Gasteiger partial charge >= 0.3 is 12.2 Å². The van der Waals surface area contributed by atoms with Crippen LogP contribution in [0.4, 0.5) is 9.59 Å². The molecule has 2 aliphatic rings. The number of aromatic amines is 2. The van der Waals surface area contributed by atoms with Gasteiger partial charge in [-0.2, -0.15) is 0 Å². The van der Waals surface area contributed by atoms with Crippen molar-refractivity contribution in [3.05, 3.63) is 107 Å². The summed E-state index contributed by atoms with van der Waals surface area (Å²) in [5.74, 6) is 7.99. The first kappa shape index (κ1) is 38.2. The molecule has 2 fully saturated rings. The van der Waals surface area contributed by atoms with Gasteiger partial charge in [0.05, 0.1) is 55.3 Å². The number of hydrogen-bond donors (Lipinski definition) is 4. The lowest BCUT2D eigenvalue weighted by Gasteiger charge is -2.30. The van der Waals surface area contributed by atoms with Gasteiger partial charge in [0.25, 0.3) is 0 Å². The molecule has 7 rings (SSSR count). The predicted octanol–water partition coefficient (Wildman–Crippen LogP) is 6.63. The molecule has 3 amide bonds. The Morgan fingerprint density at radius 2 is 1.54 bits per heavy atom. The summed E-state index contributed by atoms with van der Waals surface area (Å²) in [6.45, 7) is 5.94. The molecule has 2 aliphatic heterocycles. The van der Waals surface area contributed by atoms with E-state index in [-0.39, 0.29) is 30.0 Å². The quantitative estimate of drug-likeness (QED) is 0.116. The first-order valence-corrected chi connectivity index (χ1v) is 19.2. The topological polar surface area (TPSA) is 158 Å². The zero-order chi connectivity index (χ0) is 39.2. The van der Waals surface area contributed by atoms with Gasteiger partial charge in [-0.1, -0.05) is 68.2 Å². The molecule has 4 atom stereocenters. The van der Waals surface area contributed by atoms with Crippen molar-refractivity contribution in [3.63, 3.8) is 0 Å². The number of nitrogens with one attached hydrogen (secondary N) is 4. The van der Waals surface area contributed by atoms with E-state index in [1.54, 1.807) is 6.20 Å². The number of benzene rings is 3. The third kappa shape index (κ3) is 8.56. The highest BCUT2D eigenvalue weighted by Crippen LogP contribution is 2.34. The number of alkyl carbamates (subject to hydrolysis) is 2. The molecular formula is C43H48N8O5. The maximum atomic E-state index is 13.5. The third-order valence-electron chi connectivity index (χ3n) is 10.7. The van der Waals surface area contributed by atoms with E-state index in [4.69, 9.17) is 14.5 Å². The predicted molar refractivity (Wildman–Crippen MR) is 212 cm³/mol. The molecular weight excluding hydrogens is 709 g/mol. The number of aromatic nitrogens is 4. The number of nitrogens with zero attached hydrogens (tertiary/aromatic N) is 4. The summed E-state index contributed by atoms with van der Waals surface area (Å²) < 4.78 is 9.68. The average molecular weight is 757 g/mol. The van der Waals surface area contributed by atoms with Crippen molar-refractivity contribution < 1.29 is 23.9 Å². The molecule has 5 aromatic rings. The van der Waals surface area contributed by atoms with E-state index in [0.717, 1.165) is 82.9 Å². The molecule has 13 heteroatoms. The second-order valence-electron chi connectivity index (χ2n) is 14.7. The lowest BCUT2D eigenvalue weighted by Crippen LogP contribution is -2.51. The van der Waals surface area contributed by atoms with Gasteiger partial charge in [0, 0.05) is 24.2 Å². The summed E-state index contributed by atoms with van der Waals surface area (Å²) in [4.78, 5) is 58.5. The van der Waals surface area contributed by atoms with Crippen LogP contribution in [0, 0.1) is 17.8 Å². The molecule has 0 saturated carbocycles. The van der Waals surface area contributed by atoms with Crippen LogP contribution in [0.15, 0.2) is 79.0 Å². The monoisotopic (exact) mass is 756 g/mol. The molecule has 2 saturated heterocycles. The van der Waals surface area contributed by atoms with Crippen molar-refractivity contribution in [1.29, 1.82) is 0 Å². The van der Waals surface area contributed by atoms with Crippen LogP contribution in [-0.4, -0.2) is 87.7 Å². The Labute approximate surface area is 326 Å². The van der Waals surface area contributed by atoms with Gasteiger partial charge in [-0.3, -0.25) is 9.69 Å². The molecule has 56 heavy (non-hydrogen) atoms. The first-order valence-electron chi connectivity index (χ1n) is 19.2. The highest BCUT2D eigenvalue weighted by atomic mass is 16.5. The van der Waals surface area contributed by atoms with Crippen LogP contribution >= 0.6 is 0 Å². The minimum absolute atomic E-state index is 0.0965. The number of fused-ring (bicyclic) bond motifs is 1. The Hall–Kier alpha value is -6.13. The Kier molecular flexibility index (Phi) is 11.7. The Bertz CT molecular complexity index is 2220. The number of imidazole rings is 2. The number of carbonyl (C=O) groups is 3. The van der Waals surface area contributed by atoms with Crippen molar-refractivity contribution in [2.75, 3.05) is 33.9 Å². The number of rotatable bonds is 10. The molecule has 2 aromatic heterocycles. The van der Waals surface area contributed by atoms with E-state index in [2.05, 4.69) is 42.3 Å². The number of likely N-dealkylation sites (tertiary alicyclic amines) is 2. The molecule has 0 spiro atoms. The SMILES string of the molecule is COC(=O)NC(CN1CCCC1c1nc2ccc(C#Cc3ccc(-c4cnc(C5CCCN5C(=O)C(NC(=O)OC)C(C)C)[nH]4)cc3)cc2[nH]1)c1ccccc1. The number of ether oxygens (including phenoxy) is 2. The largest absolute Gasteiger partial charge is 0.453 e. The Morgan fingerprint density at radius 1 is 0.839 bits per heavy atom. The summed E-state index contributed by atoms with van der Waals surface area (Å²) in [5, 5.41) is 5.70. The number of hydrogen-bond acceptors (Lipinski definition) is 8. The van der Waals surface area contributed by atoms with Crippen molar-refractivity contribution in [2.45, 2.75) is 63.7 Å². The second-order valence-corrected chi connectivity index (χ2v) is 14.7. The van der Waals surface area contributed by atoms with Gasteiger partial charge in [0.2, 0.25) is 5.91 Å². The summed E-state index contributed by atoms with van der Waals surface area (Å²) in [6.07, 6.45) is 4.36. The van der Waals surface area contributed by atoms with E-state index in [9.17, 15) is 14.4 Å². The van der Waals surface area contributed by atoms with Crippen LogP contribution in [-0.2, 0) is 14.3 Å². The highest BCUT2D eigenvalue weighted by Gasteiger charge is 2.37. The summed E-state index contributed by atoms with van der Waals surface area (Å²) in [6, 6.07) is 23.0. The molecule has 4 N–H and O–H groups in total. The van der Waals surface area contributed by atoms with Gasteiger partial charge < -0.3 is 35.0 Å². The zero-order valence-electron chi connectivity index (χ0n) is 32.2. The van der Waals surface area contributed by atoms with Gasteiger partial charge in [-0.25, -0.2) is 19.6 Å². The van der Waals surface area contributed by atoms with Gasteiger partial charge in [0.15, 0.2) is 0 Å². The van der Waals surface area contributed by atoms with Crippen LogP contribution in [0.5, 0.6) is 0 Å². The molecule has 4 heterocycles. The lowest BCUT2D eigenvalue weighted by atomic mass is 10.0.